The molecule has 0 aliphatic heterocycles. The highest BCUT2D eigenvalue weighted by Gasteiger charge is 2.21. The summed E-state index contributed by atoms with van der Waals surface area (Å²) in [7, 11) is 3.56. The van der Waals surface area contributed by atoms with Crippen LogP contribution in [-0.2, 0) is 11.8 Å². The number of pyridine rings is 1. The van der Waals surface area contributed by atoms with E-state index in [0.717, 1.165) is 22.6 Å². The van der Waals surface area contributed by atoms with Crippen LogP contribution in [0.1, 0.15) is 20.8 Å². The van der Waals surface area contributed by atoms with Gasteiger partial charge in [-0.1, -0.05) is 0 Å². The van der Waals surface area contributed by atoms with E-state index in [2.05, 4.69) is 10.1 Å². The van der Waals surface area contributed by atoms with E-state index < -0.39 is 11.7 Å². The van der Waals surface area contributed by atoms with Crippen LogP contribution < -0.4 is 4.90 Å². The molecule has 24 heavy (non-hydrogen) atoms. The predicted molar refractivity (Wildman–Crippen MR) is 92.0 cm³/mol. The molecule has 7 nitrogen and oxygen atoms in total. The van der Waals surface area contributed by atoms with Crippen molar-refractivity contribution in [2.75, 3.05) is 11.9 Å². The third-order valence-electron chi connectivity index (χ3n) is 3.55. The molecular formula is C17H21N5O2. The predicted octanol–water partition coefficient (Wildman–Crippen LogP) is 3.11. The number of ether oxygens (including phenoxy) is 1. The quantitative estimate of drug-likeness (QED) is 0.725. The van der Waals surface area contributed by atoms with Crippen molar-refractivity contribution in [3.63, 3.8) is 0 Å². The van der Waals surface area contributed by atoms with E-state index in [9.17, 15) is 4.79 Å². The molecule has 0 aromatic carbocycles. The van der Waals surface area contributed by atoms with Crippen LogP contribution in [0.3, 0.4) is 0 Å². The highest BCUT2D eigenvalue weighted by atomic mass is 16.6. The number of aromatic nitrogens is 4. The largest absolute Gasteiger partial charge is 0.443 e. The summed E-state index contributed by atoms with van der Waals surface area (Å²) in [5.41, 5.74) is 2.86. The third kappa shape index (κ3) is 3.10. The molecule has 0 aliphatic rings. The number of carbonyl (C=O) groups excluding carboxylic acids is 1. The molecule has 0 radical (unpaired) electrons. The van der Waals surface area contributed by atoms with Crippen LogP contribution in [0.2, 0.25) is 0 Å². The van der Waals surface area contributed by atoms with Crippen molar-refractivity contribution < 1.29 is 9.53 Å². The molecule has 0 saturated heterocycles. The first-order valence-electron chi connectivity index (χ1n) is 7.67. The first-order valence-corrected chi connectivity index (χ1v) is 7.67. The van der Waals surface area contributed by atoms with Gasteiger partial charge in [-0.25, -0.2) is 9.78 Å². The Balaban J connectivity index is 1.97. The molecule has 1 amide bonds. The van der Waals surface area contributed by atoms with Gasteiger partial charge in [0.05, 0.1) is 23.8 Å². The average Bonchev–Trinajstić information content (AvgIpc) is 3.09. The van der Waals surface area contributed by atoms with E-state index in [4.69, 9.17) is 4.74 Å². The zero-order chi connectivity index (χ0) is 17.5. The van der Waals surface area contributed by atoms with Crippen LogP contribution >= 0.6 is 0 Å². The molecule has 0 spiro atoms. The summed E-state index contributed by atoms with van der Waals surface area (Å²) in [6.07, 6.45) is 6.98. The van der Waals surface area contributed by atoms with Gasteiger partial charge in [-0.15, -0.1) is 0 Å². The van der Waals surface area contributed by atoms with Crippen LogP contribution in [-0.4, -0.2) is 37.9 Å². The number of amides is 1. The molecular weight excluding hydrogens is 306 g/mol. The lowest BCUT2D eigenvalue weighted by Crippen LogP contribution is -2.34. The van der Waals surface area contributed by atoms with Crippen molar-refractivity contribution in [1.82, 2.24) is 19.2 Å². The van der Waals surface area contributed by atoms with E-state index in [1.165, 1.54) is 4.90 Å². The second-order valence-corrected chi connectivity index (χ2v) is 6.70. The Bertz CT molecular complexity index is 888. The van der Waals surface area contributed by atoms with Gasteiger partial charge < -0.3 is 4.74 Å². The number of aryl methyl sites for hydroxylation is 1. The first kappa shape index (κ1) is 16.0. The number of carbonyl (C=O) groups is 1. The lowest BCUT2D eigenvalue weighted by atomic mass is 10.2. The monoisotopic (exact) mass is 327 g/mol. The highest BCUT2D eigenvalue weighted by molar-refractivity contribution is 5.87. The lowest BCUT2D eigenvalue weighted by molar-refractivity contribution is 0.0589. The van der Waals surface area contributed by atoms with Crippen molar-refractivity contribution in [3.05, 3.63) is 36.9 Å². The highest BCUT2D eigenvalue weighted by Crippen LogP contribution is 2.24. The Morgan fingerprint density at radius 3 is 2.58 bits per heavy atom. The number of hydrogen-bond donors (Lipinski definition) is 0. The number of hydrogen-bond acceptors (Lipinski definition) is 4. The second-order valence-electron chi connectivity index (χ2n) is 6.70. The van der Waals surface area contributed by atoms with Crippen LogP contribution in [0.25, 0.3) is 16.9 Å². The second kappa shape index (κ2) is 5.67. The van der Waals surface area contributed by atoms with E-state index in [1.807, 2.05) is 56.7 Å². The Morgan fingerprint density at radius 1 is 1.21 bits per heavy atom. The van der Waals surface area contributed by atoms with Gasteiger partial charge in [-0.05, 0) is 32.9 Å². The molecule has 0 bridgehead atoms. The zero-order valence-electron chi connectivity index (χ0n) is 14.5. The Labute approximate surface area is 140 Å². The summed E-state index contributed by atoms with van der Waals surface area (Å²) in [5.74, 6) is 0. The molecule has 3 heterocycles. The van der Waals surface area contributed by atoms with Gasteiger partial charge in [0.1, 0.15) is 11.2 Å². The lowest BCUT2D eigenvalue weighted by Gasteiger charge is -2.24. The smallest absolute Gasteiger partial charge is 0.414 e. The maximum Gasteiger partial charge on any atom is 0.414 e. The molecule has 0 aliphatic carbocycles. The fourth-order valence-electron chi connectivity index (χ4n) is 2.37. The number of fused-ring (bicyclic) bond motifs is 1. The Kier molecular flexibility index (Phi) is 3.79. The van der Waals surface area contributed by atoms with Crippen molar-refractivity contribution in [2.45, 2.75) is 26.4 Å². The van der Waals surface area contributed by atoms with Gasteiger partial charge in [0.2, 0.25) is 0 Å². The van der Waals surface area contributed by atoms with Gasteiger partial charge >= 0.3 is 6.09 Å². The maximum absolute atomic E-state index is 12.3. The summed E-state index contributed by atoms with van der Waals surface area (Å²) in [5, 5.41) is 4.20. The van der Waals surface area contributed by atoms with Gasteiger partial charge in [-0.2, -0.15) is 5.10 Å². The molecule has 126 valence electrons. The summed E-state index contributed by atoms with van der Waals surface area (Å²) in [6.45, 7) is 5.54. The van der Waals surface area contributed by atoms with E-state index in [1.54, 1.807) is 24.1 Å². The van der Waals surface area contributed by atoms with Crippen LogP contribution in [0.5, 0.6) is 0 Å². The summed E-state index contributed by atoms with van der Waals surface area (Å²) >= 11 is 0. The van der Waals surface area contributed by atoms with E-state index in [0.29, 0.717) is 0 Å². The fraction of sp³-hybridized carbons (Fsp3) is 0.353. The fourth-order valence-corrected chi connectivity index (χ4v) is 2.37. The zero-order valence-corrected chi connectivity index (χ0v) is 14.5. The van der Waals surface area contributed by atoms with Gasteiger partial charge in [0.15, 0.2) is 0 Å². The number of rotatable bonds is 2. The van der Waals surface area contributed by atoms with E-state index >= 15 is 0 Å². The molecule has 0 unspecified atom stereocenters. The summed E-state index contributed by atoms with van der Waals surface area (Å²) < 4.78 is 9.09. The third-order valence-corrected chi connectivity index (χ3v) is 3.55. The van der Waals surface area contributed by atoms with Crippen molar-refractivity contribution in [3.8, 4) is 11.3 Å². The van der Waals surface area contributed by atoms with Crippen LogP contribution in [0.4, 0.5) is 10.5 Å². The molecule has 0 atom stereocenters. The van der Waals surface area contributed by atoms with E-state index in [-0.39, 0.29) is 0 Å². The Hall–Kier alpha value is -2.83. The molecule has 0 fully saturated rings. The Morgan fingerprint density at radius 2 is 1.96 bits per heavy atom. The average molecular weight is 327 g/mol. The van der Waals surface area contributed by atoms with Gasteiger partial charge in [0, 0.05) is 32.1 Å². The van der Waals surface area contributed by atoms with Crippen LogP contribution in [0, 0.1) is 0 Å². The SMILES string of the molecule is CN(C(=O)OC(C)(C)C)c1ccc2ncc(-c3cnn(C)c3)n2c1. The standard InChI is InChI=1S/C17H21N5O2/c1-17(2,3)24-16(23)21(5)13-6-7-15-18-9-14(22(15)11-13)12-8-19-20(4)10-12/h6-11H,1-5H3. The topological polar surface area (TPSA) is 64.7 Å². The van der Waals surface area contributed by atoms with Crippen LogP contribution in [0.15, 0.2) is 36.9 Å². The van der Waals surface area contributed by atoms with Crippen molar-refractivity contribution in [1.29, 1.82) is 0 Å². The molecule has 7 heteroatoms. The minimum absolute atomic E-state index is 0.398. The molecule has 0 saturated carbocycles. The minimum atomic E-state index is -0.536. The van der Waals surface area contributed by atoms with Gasteiger partial charge in [0.25, 0.3) is 0 Å². The number of imidazole rings is 1. The molecule has 0 N–H and O–H groups in total. The molecule has 3 aromatic heterocycles. The van der Waals surface area contributed by atoms with Crippen molar-refractivity contribution in [2.24, 2.45) is 7.05 Å². The number of anilines is 1. The summed E-state index contributed by atoms with van der Waals surface area (Å²) in [6, 6.07) is 3.72. The molecule has 3 rings (SSSR count). The normalized spacial score (nSPS) is 11.7. The minimum Gasteiger partial charge on any atom is -0.443 e. The first-order chi connectivity index (χ1) is 11.2. The number of nitrogens with zero attached hydrogens (tertiary/aromatic N) is 5. The van der Waals surface area contributed by atoms with Gasteiger partial charge in [-0.3, -0.25) is 14.0 Å². The maximum atomic E-state index is 12.3. The molecule has 3 aromatic rings. The summed E-state index contributed by atoms with van der Waals surface area (Å²) in [4.78, 5) is 18.1. The van der Waals surface area contributed by atoms with Crippen molar-refractivity contribution >= 4 is 17.4 Å².